The molecule has 0 aromatic rings. The Labute approximate surface area is 140 Å². The third-order valence-corrected chi connectivity index (χ3v) is 4.63. The van der Waals surface area contributed by atoms with Crippen molar-refractivity contribution < 1.29 is 15.3 Å². The molecule has 0 aliphatic heterocycles. The third kappa shape index (κ3) is 5.03. The quantitative estimate of drug-likeness (QED) is 0.534. The van der Waals surface area contributed by atoms with Gasteiger partial charge in [-0.25, -0.2) is 0 Å². The largest absolute Gasteiger partial charge is 0.392 e. The summed E-state index contributed by atoms with van der Waals surface area (Å²) >= 11 is 0. The Morgan fingerprint density at radius 1 is 1.13 bits per heavy atom. The van der Waals surface area contributed by atoms with Crippen LogP contribution in [0.1, 0.15) is 47.5 Å². The molecule has 0 amide bonds. The lowest BCUT2D eigenvalue weighted by Crippen LogP contribution is -2.48. The van der Waals surface area contributed by atoms with Crippen LogP contribution in [0.3, 0.4) is 0 Å². The third-order valence-electron chi connectivity index (χ3n) is 4.63. The van der Waals surface area contributed by atoms with Crippen LogP contribution in [0, 0.1) is 5.41 Å². The first-order valence-electron chi connectivity index (χ1n) is 8.07. The fraction of sp³-hybridized carbons (Fsp3) is 0.500. The van der Waals surface area contributed by atoms with E-state index in [4.69, 9.17) is 5.11 Å². The number of hydrogen-bond acceptors (Lipinski definition) is 3. The molecule has 0 fully saturated rings. The first kappa shape index (κ1) is 19.6. The van der Waals surface area contributed by atoms with Crippen molar-refractivity contribution in [3.05, 3.63) is 58.7 Å². The number of aliphatic hydroxyl groups excluding tert-OH is 1. The first-order chi connectivity index (χ1) is 10.6. The van der Waals surface area contributed by atoms with Gasteiger partial charge in [0.15, 0.2) is 5.79 Å². The minimum Gasteiger partial charge on any atom is -0.392 e. The molecule has 0 spiro atoms. The Morgan fingerprint density at radius 3 is 2.39 bits per heavy atom. The van der Waals surface area contributed by atoms with E-state index >= 15 is 0 Å². The van der Waals surface area contributed by atoms with Crippen LogP contribution in [-0.2, 0) is 0 Å². The monoisotopic (exact) mass is 318 g/mol. The van der Waals surface area contributed by atoms with Crippen molar-refractivity contribution in [2.45, 2.75) is 53.2 Å². The fourth-order valence-electron chi connectivity index (χ4n) is 2.74. The zero-order valence-corrected chi connectivity index (χ0v) is 14.9. The van der Waals surface area contributed by atoms with Crippen LogP contribution in [-0.4, -0.2) is 27.7 Å². The molecular formula is C20H30O3. The van der Waals surface area contributed by atoms with Crippen molar-refractivity contribution in [1.29, 1.82) is 0 Å². The van der Waals surface area contributed by atoms with Crippen LogP contribution in [0.4, 0.5) is 0 Å². The Kier molecular flexibility index (Phi) is 6.75. The summed E-state index contributed by atoms with van der Waals surface area (Å²) in [7, 11) is 0. The van der Waals surface area contributed by atoms with Gasteiger partial charge >= 0.3 is 0 Å². The normalized spacial score (nSPS) is 22.4. The minimum absolute atomic E-state index is 0.0470. The molecule has 1 rings (SSSR count). The highest BCUT2D eigenvalue weighted by molar-refractivity contribution is 5.38. The summed E-state index contributed by atoms with van der Waals surface area (Å²) in [6.07, 6.45) is 12.7. The maximum atomic E-state index is 10.2. The predicted octanol–water partition coefficient (Wildman–Crippen LogP) is 3.80. The molecule has 0 radical (unpaired) electrons. The Hall–Kier alpha value is -1.42. The summed E-state index contributed by atoms with van der Waals surface area (Å²) < 4.78 is 0. The molecule has 1 aliphatic carbocycles. The van der Waals surface area contributed by atoms with Crippen LogP contribution in [0.2, 0.25) is 0 Å². The number of aliphatic hydroxyl groups is 3. The van der Waals surface area contributed by atoms with Crippen molar-refractivity contribution in [1.82, 2.24) is 0 Å². The maximum Gasteiger partial charge on any atom is 0.172 e. The minimum atomic E-state index is -1.67. The van der Waals surface area contributed by atoms with E-state index in [1.54, 1.807) is 6.08 Å². The molecule has 0 unspecified atom stereocenters. The van der Waals surface area contributed by atoms with Crippen molar-refractivity contribution in [3.63, 3.8) is 0 Å². The van der Waals surface area contributed by atoms with Gasteiger partial charge in [-0.15, -0.1) is 0 Å². The van der Waals surface area contributed by atoms with Crippen molar-refractivity contribution >= 4 is 0 Å². The Balaban J connectivity index is 2.93. The topological polar surface area (TPSA) is 60.7 Å². The molecular weight excluding hydrogens is 288 g/mol. The van der Waals surface area contributed by atoms with E-state index in [-0.39, 0.29) is 6.61 Å². The van der Waals surface area contributed by atoms with Gasteiger partial charge < -0.3 is 15.3 Å². The highest BCUT2D eigenvalue weighted by Crippen LogP contribution is 2.46. The maximum absolute atomic E-state index is 10.2. The smallest absolute Gasteiger partial charge is 0.172 e. The molecule has 1 aliphatic rings. The van der Waals surface area contributed by atoms with E-state index in [0.717, 1.165) is 16.7 Å². The lowest BCUT2D eigenvalue weighted by atomic mass is 9.68. The molecule has 3 N–H and O–H groups in total. The molecule has 0 aromatic carbocycles. The highest BCUT2D eigenvalue weighted by atomic mass is 16.5. The summed E-state index contributed by atoms with van der Waals surface area (Å²) in [4.78, 5) is 0. The average Bonchev–Trinajstić information content (AvgIpc) is 2.44. The van der Waals surface area contributed by atoms with Gasteiger partial charge in [0.2, 0.25) is 0 Å². The molecule has 128 valence electrons. The van der Waals surface area contributed by atoms with Gasteiger partial charge in [-0.05, 0) is 32.8 Å². The van der Waals surface area contributed by atoms with Crippen LogP contribution in [0.15, 0.2) is 58.7 Å². The average molecular weight is 318 g/mol. The van der Waals surface area contributed by atoms with Gasteiger partial charge in [-0.2, -0.15) is 0 Å². The molecule has 0 saturated heterocycles. The second kappa shape index (κ2) is 7.91. The zero-order chi connectivity index (χ0) is 17.7. The predicted molar refractivity (Wildman–Crippen MR) is 95.8 cm³/mol. The Morgan fingerprint density at radius 2 is 1.78 bits per heavy atom. The second-order valence-electron chi connectivity index (χ2n) is 6.87. The first-order valence-corrected chi connectivity index (χ1v) is 8.07. The molecule has 0 aromatic heterocycles. The van der Waals surface area contributed by atoms with E-state index in [9.17, 15) is 10.2 Å². The number of rotatable bonds is 5. The standard InChI is InChI=1S/C20H30O3/c1-15(7-6-8-16(2)12-14-21)9-10-18-17(3)11-13-20(22,23)19(18,4)5/h6-10,12,21-23H,11,13-14H2,1-5H3/b8-6+,10-9+,15-7+,16-12+. The molecule has 0 heterocycles. The molecule has 0 atom stereocenters. The molecule has 3 nitrogen and oxygen atoms in total. The summed E-state index contributed by atoms with van der Waals surface area (Å²) in [6, 6.07) is 0. The lowest BCUT2D eigenvalue weighted by Gasteiger charge is -2.44. The van der Waals surface area contributed by atoms with E-state index in [0.29, 0.717) is 12.8 Å². The van der Waals surface area contributed by atoms with Crippen molar-refractivity contribution in [3.8, 4) is 0 Å². The van der Waals surface area contributed by atoms with Crippen molar-refractivity contribution in [2.75, 3.05) is 6.61 Å². The van der Waals surface area contributed by atoms with E-state index in [1.807, 2.05) is 58.1 Å². The van der Waals surface area contributed by atoms with Gasteiger partial charge in [0.25, 0.3) is 0 Å². The van der Waals surface area contributed by atoms with Crippen molar-refractivity contribution in [2.24, 2.45) is 5.41 Å². The van der Waals surface area contributed by atoms with E-state index in [1.165, 1.54) is 5.57 Å². The van der Waals surface area contributed by atoms with Gasteiger partial charge in [-0.1, -0.05) is 67.0 Å². The van der Waals surface area contributed by atoms with E-state index in [2.05, 4.69) is 6.92 Å². The van der Waals surface area contributed by atoms with Gasteiger partial charge in [-0.3, -0.25) is 0 Å². The van der Waals surface area contributed by atoms with Crippen LogP contribution in [0.25, 0.3) is 0 Å². The lowest BCUT2D eigenvalue weighted by molar-refractivity contribution is -0.228. The second-order valence-corrected chi connectivity index (χ2v) is 6.87. The van der Waals surface area contributed by atoms with Gasteiger partial charge in [0, 0.05) is 11.8 Å². The number of allylic oxidation sites excluding steroid dienone is 8. The highest BCUT2D eigenvalue weighted by Gasteiger charge is 2.46. The molecule has 0 saturated carbocycles. The number of hydrogen-bond donors (Lipinski definition) is 3. The summed E-state index contributed by atoms with van der Waals surface area (Å²) in [5, 5.41) is 29.3. The van der Waals surface area contributed by atoms with Crippen LogP contribution in [0.5, 0.6) is 0 Å². The zero-order valence-electron chi connectivity index (χ0n) is 14.9. The SMILES string of the molecule is CC1=C(/C=C/C(C)=C/C=C/C(C)=C/CO)C(C)(C)C(O)(O)CC1. The molecule has 23 heavy (non-hydrogen) atoms. The molecule has 0 bridgehead atoms. The fourth-order valence-corrected chi connectivity index (χ4v) is 2.74. The Bertz CT molecular complexity index is 570. The summed E-state index contributed by atoms with van der Waals surface area (Å²) in [5.74, 6) is -1.67. The summed E-state index contributed by atoms with van der Waals surface area (Å²) in [5.41, 5.74) is 3.58. The van der Waals surface area contributed by atoms with E-state index < -0.39 is 11.2 Å². The van der Waals surface area contributed by atoms with Crippen LogP contribution >= 0.6 is 0 Å². The molecule has 3 heteroatoms. The van der Waals surface area contributed by atoms with Gasteiger partial charge in [0.1, 0.15) is 0 Å². The van der Waals surface area contributed by atoms with Crippen LogP contribution < -0.4 is 0 Å². The van der Waals surface area contributed by atoms with Gasteiger partial charge in [0.05, 0.1) is 6.61 Å². The summed E-state index contributed by atoms with van der Waals surface area (Å²) in [6.45, 7) is 9.79.